The smallest absolute Gasteiger partial charge is 0.409 e. The van der Waals surface area contributed by atoms with Gasteiger partial charge in [-0.25, -0.2) is 4.79 Å². The number of carbonyl (C=O) groups excluding carboxylic acids is 1. The summed E-state index contributed by atoms with van der Waals surface area (Å²) < 4.78 is 10.1. The average molecular weight is 369 g/mol. The molecule has 138 valence electrons. The fourth-order valence-corrected chi connectivity index (χ4v) is 2.93. The van der Waals surface area contributed by atoms with Crippen molar-refractivity contribution in [1.29, 1.82) is 0 Å². The SMILES string of the molecule is CN=C(NCc1ccc(Cl)cc1OC)NC1CCN(C(=O)OC)CC1. The van der Waals surface area contributed by atoms with E-state index < -0.39 is 0 Å². The van der Waals surface area contributed by atoms with E-state index in [0.717, 1.165) is 24.2 Å². The highest BCUT2D eigenvalue weighted by Crippen LogP contribution is 2.22. The number of benzene rings is 1. The number of hydrogen-bond donors (Lipinski definition) is 2. The van der Waals surface area contributed by atoms with E-state index in [0.29, 0.717) is 30.6 Å². The normalized spacial score (nSPS) is 15.7. The molecule has 1 aromatic rings. The van der Waals surface area contributed by atoms with E-state index in [1.807, 2.05) is 12.1 Å². The molecular weight excluding hydrogens is 344 g/mol. The zero-order valence-corrected chi connectivity index (χ0v) is 15.6. The third-order valence-corrected chi connectivity index (χ3v) is 4.42. The number of methoxy groups -OCH3 is 2. The van der Waals surface area contributed by atoms with Gasteiger partial charge >= 0.3 is 6.09 Å². The lowest BCUT2D eigenvalue weighted by Gasteiger charge is -2.32. The Morgan fingerprint density at radius 3 is 2.68 bits per heavy atom. The molecule has 2 N–H and O–H groups in total. The minimum atomic E-state index is -0.268. The maximum atomic E-state index is 11.5. The van der Waals surface area contributed by atoms with Crippen LogP contribution in [0.2, 0.25) is 5.02 Å². The van der Waals surface area contributed by atoms with Crippen molar-refractivity contribution in [3.05, 3.63) is 28.8 Å². The van der Waals surface area contributed by atoms with Gasteiger partial charge in [-0.2, -0.15) is 0 Å². The van der Waals surface area contributed by atoms with Gasteiger partial charge in [0.15, 0.2) is 5.96 Å². The molecule has 0 unspecified atom stereocenters. The van der Waals surface area contributed by atoms with Crippen LogP contribution in [0.25, 0.3) is 0 Å². The number of nitrogens with zero attached hydrogens (tertiary/aromatic N) is 2. The first-order chi connectivity index (χ1) is 12.1. The van der Waals surface area contributed by atoms with Crippen LogP contribution in [0.15, 0.2) is 23.2 Å². The number of rotatable bonds is 4. The minimum absolute atomic E-state index is 0.263. The summed E-state index contributed by atoms with van der Waals surface area (Å²) >= 11 is 5.99. The highest BCUT2D eigenvalue weighted by Gasteiger charge is 2.23. The lowest BCUT2D eigenvalue weighted by Crippen LogP contribution is -2.49. The molecule has 0 aliphatic carbocycles. The van der Waals surface area contributed by atoms with Crippen LogP contribution in [0.1, 0.15) is 18.4 Å². The van der Waals surface area contributed by atoms with Crippen LogP contribution in [0.4, 0.5) is 4.79 Å². The molecule has 1 heterocycles. The van der Waals surface area contributed by atoms with Crippen molar-refractivity contribution in [2.45, 2.75) is 25.4 Å². The molecule has 0 aromatic heterocycles. The van der Waals surface area contributed by atoms with E-state index >= 15 is 0 Å². The van der Waals surface area contributed by atoms with Gasteiger partial charge < -0.3 is 25.0 Å². The number of nitrogens with one attached hydrogen (secondary N) is 2. The fraction of sp³-hybridized carbons (Fsp3) is 0.529. The molecule has 1 aliphatic heterocycles. The molecule has 25 heavy (non-hydrogen) atoms. The molecule has 0 spiro atoms. The summed E-state index contributed by atoms with van der Waals surface area (Å²) in [4.78, 5) is 17.5. The molecule has 2 rings (SSSR count). The second-order valence-corrected chi connectivity index (χ2v) is 6.19. The summed E-state index contributed by atoms with van der Waals surface area (Å²) in [7, 11) is 4.76. The molecule has 0 atom stereocenters. The fourth-order valence-electron chi connectivity index (χ4n) is 2.77. The Labute approximate surface area is 153 Å². The second-order valence-electron chi connectivity index (χ2n) is 5.76. The summed E-state index contributed by atoms with van der Waals surface area (Å²) in [6, 6.07) is 5.81. The number of likely N-dealkylation sites (tertiary alicyclic amines) is 1. The highest BCUT2D eigenvalue weighted by molar-refractivity contribution is 6.30. The number of halogens is 1. The molecular formula is C17H25ClN4O3. The maximum absolute atomic E-state index is 11.5. The van der Waals surface area contributed by atoms with Crippen molar-refractivity contribution in [2.24, 2.45) is 4.99 Å². The van der Waals surface area contributed by atoms with Gasteiger partial charge in [-0.05, 0) is 25.0 Å². The van der Waals surface area contributed by atoms with Crippen LogP contribution >= 0.6 is 11.6 Å². The van der Waals surface area contributed by atoms with Crippen molar-refractivity contribution in [3.8, 4) is 5.75 Å². The lowest BCUT2D eigenvalue weighted by molar-refractivity contribution is 0.111. The largest absolute Gasteiger partial charge is 0.496 e. The Bertz CT molecular complexity index is 616. The summed E-state index contributed by atoms with van der Waals surface area (Å²) in [6.45, 7) is 1.92. The molecule has 1 fully saturated rings. The van der Waals surface area contributed by atoms with E-state index in [4.69, 9.17) is 21.1 Å². The molecule has 1 aromatic carbocycles. The molecule has 0 bridgehead atoms. The second kappa shape index (κ2) is 9.36. The van der Waals surface area contributed by atoms with Crippen LogP contribution in [0.5, 0.6) is 5.75 Å². The number of carbonyl (C=O) groups is 1. The Hall–Kier alpha value is -2.15. The van der Waals surface area contributed by atoms with Crippen LogP contribution in [0.3, 0.4) is 0 Å². The lowest BCUT2D eigenvalue weighted by atomic mass is 10.1. The summed E-state index contributed by atoms with van der Waals surface area (Å²) in [5, 5.41) is 7.32. The molecule has 1 amide bonds. The summed E-state index contributed by atoms with van der Waals surface area (Å²) in [5.41, 5.74) is 0.996. The summed E-state index contributed by atoms with van der Waals surface area (Å²) in [5.74, 6) is 1.45. The van der Waals surface area contributed by atoms with Gasteiger partial charge in [0.1, 0.15) is 5.75 Å². The van der Waals surface area contributed by atoms with Crippen molar-refractivity contribution >= 4 is 23.7 Å². The van der Waals surface area contributed by atoms with E-state index in [1.54, 1.807) is 25.1 Å². The van der Waals surface area contributed by atoms with Gasteiger partial charge in [-0.1, -0.05) is 17.7 Å². The predicted molar refractivity (Wildman–Crippen MR) is 98.3 cm³/mol. The summed E-state index contributed by atoms with van der Waals surface area (Å²) in [6.07, 6.45) is 1.43. The minimum Gasteiger partial charge on any atom is -0.496 e. The Morgan fingerprint density at radius 2 is 2.08 bits per heavy atom. The van der Waals surface area contributed by atoms with E-state index in [2.05, 4.69) is 15.6 Å². The van der Waals surface area contributed by atoms with Crippen molar-refractivity contribution in [1.82, 2.24) is 15.5 Å². The van der Waals surface area contributed by atoms with Gasteiger partial charge in [0.25, 0.3) is 0 Å². The highest BCUT2D eigenvalue weighted by atomic mass is 35.5. The Morgan fingerprint density at radius 1 is 1.36 bits per heavy atom. The zero-order valence-electron chi connectivity index (χ0n) is 14.8. The van der Waals surface area contributed by atoms with E-state index in [-0.39, 0.29) is 12.1 Å². The number of aliphatic imine (C=N–C) groups is 1. The number of piperidine rings is 1. The quantitative estimate of drug-likeness (QED) is 0.629. The molecule has 1 aliphatic rings. The van der Waals surface area contributed by atoms with Gasteiger partial charge in [0.05, 0.1) is 14.2 Å². The van der Waals surface area contributed by atoms with Crippen LogP contribution in [0, 0.1) is 0 Å². The van der Waals surface area contributed by atoms with E-state index in [1.165, 1.54) is 7.11 Å². The standard InChI is InChI=1S/C17H25ClN4O3/c1-19-16(20-11-12-4-5-13(18)10-15(12)24-2)21-14-6-8-22(9-7-14)17(23)25-3/h4-5,10,14H,6-9,11H2,1-3H3,(H2,19,20,21). The van der Waals surface area contributed by atoms with E-state index in [9.17, 15) is 4.79 Å². The van der Waals surface area contributed by atoms with Crippen LogP contribution in [-0.2, 0) is 11.3 Å². The number of ether oxygens (including phenoxy) is 2. The maximum Gasteiger partial charge on any atom is 0.409 e. The first-order valence-corrected chi connectivity index (χ1v) is 8.57. The van der Waals surface area contributed by atoms with Gasteiger partial charge in [-0.3, -0.25) is 4.99 Å². The van der Waals surface area contributed by atoms with Gasteiger partial charge in [0, 0.05) is 43.3 Å². The molecule has 1 saturated heterocycles. The van der Waals surface area contributed by atoms with Crippen molar-refractivity contribution < 1.29 is 14.3 Å². The average Bonchev–Trinajstić information content (AvgIpc) is 2.65. The predicted octanol–water partition coefficient (Wildman–Crippen LogP) is 2.24. The zero-order chi connectivity index (χ0) is 18.2. The first kappa shape index (κ1) is 19.2. The van der Waals surface area contributed by atoms with Gasteiger partial charge in [0.2, 0.25) is 0 Å². The van der Waals surface area contributed by atoms with Gasteiger partial charge in [-0.15, -0.1) is 0 Å². The monoisotopic (exact) mass is 368 g/mol. The van der Waals surface area contributed by atoms with Crippen LogP contribution < -0.4 is 15.4 Å². The Kier molecular flexibility index (Phi) is 7.18. The first-order valence-electron chi connectivity index (χ1n) is 8.20. The number of guanidine groups is 1. The Balaban J connectivity index is 1.85. The third-order valence-electron chi connectivity index (χ3n) is 4.19. The molecule has 0 saturated carbocycles. The third kappa shape index (κ3) is 5.42. The number of hydrogen-bond acceptors (Lipinski definition) is 4. The molecule has 7 nitrogen and oxygen atoms in total. The molecule has 8 heteroatoms. The van der Waals surface area contributed by atoms with Crippen molar-refractivity contribution in [2.75, 3.05) is 34.4 Å². The van der Waals surface area contributed by atoms with Crippen LogP contribution in [-0.4, -0.2) is 57.4 Å². The number of amides is 1. The topological polar surface area (TPSA) is 75.2 Å². The molecule has 0 radical (unpaired) electrons. The van der Waals surface area contributed by atoms with Crippen molar-refractivity contribution in [3.63, 3.8) is 0 Å².